The SMILES string of the molecule is COC(=O)c1c(C(=O)OC)c(-c2ccc(OC)c(OC)c2)c2c(OC)c(OC)c(OC)c(OC)c2c1O. The zero-order chi connectivity index (χ0) is 27.4. The second-order valence-corrected chi connectivity index (χ2v) is 7.41. The maximum absolute atomic E-state index is 13.2. The van der Waals surface area contributed by atoms with Gasteiger partial charge in [0.1, 0.15) is 11.3 Å². The van der Waals surface area contributed by atoms with Crippen LogP contribution in [0.15, 0.2) is 18.2 Å². The number of methoxy groups -OCH3 is 8. The zero-order valence-corrected chi connectivity index (χ0v) is 21.8. The Morgan fingerprint density at radius 2 is 1.08 bits per heavy atom. The highest BCUT2D eigenvalue weighted by Gasteiger charge is 2.36. The third kappa shape index (κ3) is 4.22. The number of carbonyl (C=O) groups is 2. The molecule has 0 heterocycles. The number of rotatable bonds is 9. The van der Waals surface area contributed by atoms with Crippen molar-refractivity contribution in [2.24, 2.45) is 0 Å². The number of ether oxygens (including phenoxy) is 8. The van der Waals surface area contributed by atoms with Gasteiger partial charge in [-0.15, -0.1) is 0 Å². The summed E-state index contributed by atoms with van der Waals surface area (Å²) in [6.45, 7) is 0. The summed E-state index contributed by atoms with van der Waals surface area (Å²) in [5.41, 5.74) is -0.184. The van der Waals surface area contributed by atoms with Crippen LogP contribution in [0.3, 0.4) is 0 Å². The molecule has 3 rings (SSSR count). The summed E-state index contributed by atoms with van der Waals surface area (Å²) >= 11 is 0. The molecule has 11 nitrogen and oxygen atoms in total. The predicted molar refractivity (Wildman–Crippen MR) is 133 cm³/mol. The third-order valence-corrected chi connectivity index (χ3v) is 5.81. The Morgan fingerprint density at radius 1 is 0.595 bits per heavy atom. The van der Waals surface area contributed by atoms with E-state index in [0.717, 1.165) is 14.2 Å². The minimum absolute atomic E-state index is 0.00911. The number of phenolic OH excluding ortho intramolecular Hbond substituents is 1. The average Bonchev–Trinajstić information content (AvgIpc) is 2.93. The van der Waals surface area contributed by atoms with Crippen LogP contribution in [0.4, 0.5) is 0 Å². The maximum atomic E-state index is 13.2. The maximum Gasteiger partial charge on any atom is 0.342 e. The summed E-state index contributed by atoms with van der Waals surface area (Å²) in [7, 11) is 10.7. The molecular formula is C26H28O11. The Kier molecular flexibility index (Phi) is 8.06. The zero-order valence-electron chi connectivity index (χ0n) is 21.8. The first-order valence-electron chi connectivity index (χ1n) is 10.8. The minimum atomic E-state index is -0.989. The smallest absolute Gasteiger partial charge is 0.342 e. The minimum Gasteiger partial charge on any atom is -0.506 e. The van der Waals surface area contributed by atoms with Gasteiger partial charge in [-0.3, -0.25) is 0 Å². The van der Waals surface area contributed by atoms with Crippen LogP contribution in [-0.4, -0.2) is 73.9 Å². The molecule has 0 aromatic heterocycles. The predicted octanol–water partition coefficient (Wildman–Crippen LogP) is 3.84. The second kappa shape index (κ2) is 11.0. The van der Waals surface area contributed by atoms with Crippen LogP contribution >= 0.6 is 0 Å². The lowest BCUT2D eigenvalue weighted by atomic mass is 9.87. The van der Waals surface area contributed by atoms with Crippen LogP contribution in [-0.2, 0) is 9.47 Å². The fourth-order valence-electron chi connectivity index (χ4n) is 4.27. The van der Waals surface area contributed by atoms with Gasteiger partial charge in [0.15, 0.2) is 23.0 Å². The molecule has 0 saturated carbocycles. The fourth-order valence-corrected chi connectivity index (χ4v) is 4.27. The van der Waals surface area contributed by atoms with E-state index in [1.165, 1.54) is 42.7 Å². The highest BCUT2D eigenvalue weighted by atomic mass is 16.5. The van der Waals surface area contributed by atoms with E-state index in [9.17, 15) is 14.7 Å². The van der Waals surface area contributed by atoms with Crippen LogP contribution in [0.2, 0.25) is 0 Å². The van der Waals surface area contributed by atoms with Crippen molar-refractivity contribution in [2.45, 2.75) is 0 Å². The number of hydrogen-bond donors (Lipinski definition) is 1. The molecule has 0 spiro atoms. The van der Waals surface area contributed by atoms with E-state index in [0.29, 0.717) is 17.1 Å². The molecule has 3 aromatic rings. The number of carbonyl (C=O) groups excluding carboxylic acids is 2. The normalized spacial score (nSPS) is 10.5. The molecule has 0 unspecified atom stereocenters. The van der Waals surface area contributed by atoms with Gasteiger partial charge in [-0.1, -0.05) is 6.07 Å². The van der Waals surface area contributed by atoms with Crippen molar-refractivity contribution >= 4 is 22.7 Å². The summed E-state index contributed by atoms with van der Waals surface area (Å²) in [5, 5.41) is 11.6. The van der Waals surface area contributed by atoms with Gasteiger partial charge in [0.05, 0.1) is 67.8 Å². The van der Waals surface area contributed by atoms with Crippen molar-refractivity contribution in [3.63, 3.8) is 0 Å². The molecule has 0 aliphatic rings. The van der Waals surface area contributed by atoms with Crippen LogP contribution in [0.25, 0.3) is 21.9 Å². The Morgan fingerprint density at radius 3 is 1.54 bits per heavy atom. The Hall–Kier alpha value is -4.54. The van der Waals surface area contributed by atoms with Gasteiger partial charge in [-0.25, -0.2) is 9.59 Å². The molecule has 0 bridgehead atoms. The van der Waals surface area contributed by atoms with Crippen LogP contribution < -0.4 is 28.4 Å². The summed E-state index contributed by atoms with van der Waals surface area (Å²) in [4.78, 5) is 26.2. The van der Waals surface area contributed by atoms with E-state index in [1.54, 1.807) is 18.2 Å². The lowest BCUT2D eigenvalue weighted by molar-refractivity contribution is 0.0553. The van der Waals surface area contributed by atoms with Crippen molar-refractivity contribution in [2.75, 3.05) is 56.9 Å². The Balaban J connectivity index is 2.82. The first-order valence-corrected chi connectivity index (χ1v) is 10.8. The summed E-state index contributed by atoms with van der Waals surface area (Å²) in [5.74, 6) is -1.43. The molecule has 0 fully saturated rings. The van der Waals surface area contributed by atoms with Gasteiger partial charge < -0.3 is 43.0 Å². The van der Waals surface area contributed by atoms with Crippen LogP contribution in [0.1, 0.15) is 20.7 Å². The lowest BCUT2D eigenvalue weighted by Crippen LogP contribution is -2.15. The highest BCUT2D eigenvalue weighted by Crippen LogP contribution is 2.57. The number of aromatic hydroxyl groups is 1. The van der Waals surface area contributed by atoms with Crippen LogP contribution in [0, 0.1) is 0 Å². The number of fused-ring (bicyclic) bond motifs is 1. The molecule has 198 valence electrons. The van der Waals surface area contributed by atoms with E-state index in [4.69, 9.17) is 37.9 Å². The quantitative estimate of drug-likeness (QED) is 0.417. The Bertz CT molecular complexity index is 1360. The second-order valence-electron chi connectivity index (χ2n) is 7.41. The highest BCUT2D eigenvalue weighted by molar-refractivity contribution is 6.22. The summed E-state index contributed by atoms with van der Waals surface area (Å²) in [6, 6.07) is 4.86. The van der Waals surface area contributed by atoms with Gasteiger partial charge in [0, 0.05) is 10.9 Å². The van der Waals surface area contributed by atoms with E-state index in [-0.39, 0.29) is 44.9 Å². The summed E-state index contributed by atoms with van der Waals surface area (Å²) in [6.07, 6.45) is 0. The molecule has 11 heteroatoms. The van der Waals surface area contributed by atoms with Gasteiger partial charge >= 0.3 is 11.9 Å². The molecule has 37 heavy (non-hydrogen) atoms. The van der Waals surface area contributed by atoms with Crippen molar-refractivity contribution in [3.05, 3.63) is 29.3 Å². The van der Waals surface area contributed by atoms with E-state index in [2.05, 4.69) is 0 Å². The molecule has 1 N–H and O–H groups in total. The van der Waals surface area contributed by atoms with E-state index in [1.807, 2.05) is 0 Å². The molecule has 0 atom stereocenters. The Labute approximate surface area is 213 Å². The molecule has 3 aromatic carbocycles. The monoisotopic (exact) mass is 516 g/mol. The van der Waals surface area contributed by atoms with Crippen molar-refractivity contribution in [1.29, 1.82) is 0 Å². The molecule has 0 radical (unpaired) electrons. The van der Waals surface area contributed by atoms with E-state index < -0.39 is 23.3 Å². The molecule has 0 aliphatic heterocycles. The van der Waals surface area contributed by atoms with Gasteiger partial charge in [0.2, 0.25) is 11.5 Å². The molecule has 0 aliphatic carbocycles. The number of phenols is 1. The van der Waals surface area contributed by atoms with Crippen molar-refractivity contribution in [1.82, 2.24) is 0 Å². The van der Waals surface area contributed by atoms with Crippen molar-refractivity contribution in [3.8, 4) is 51.4 Å². The first-order chi connectivity index (χ1) is 17.8. The lowest BCUT2D eigenvalue weighted by Gasteiger charge is -2.24. The van der Waals surface area contributed by atoms with Crippen LogP contribution in [0.5, 0.6) is 40.2 Å². The number of hydrogen-bond acceptors (Lipinski definition) is 11. The van der Waals surface area contributed by atoms with Gasteiger partial charge in [-0.2, -0.15) is 0 Å². The van der Waals surface area contributed by atoms with Gasteiger partial charge in [0.25, 0.3) is 0 Å². The largest absolute Gasteiger partial charge is 0.506 e. The molecule has 0 amide bonds. The molecule has 0 saturated heterocycles. The average molecular weight is 516 g/mol. The van der Waals surface area contributed by atoms with E-state index >= 15 is 0 Å². The number of benzene rings is 3. The molecular weight excluding hydrogens is 488 g/mol. The first kappa shape index (κ1) is 27.1. The summed E-state index contributed by atoms with van der Waals surface area (Å²) < 4.78 is 43.2. The van der Waals surface area contributed by atoms with Crippen molar-refractivity contribution < 1.29 is 52.6 Å². The standard InChI is InChI=1S/C26H28O11/c1-30-13-10-9-12(11-14(13)31-2)15-16-18(20(27)19(26(29)37-8)17(15)25(28)36-7)22(33-4)24(35-6)23(34-5)21(16)32-3/h9-11,27H,1-8H3. The van der Waals surface area contributed by atoms with Gasteiger partial charge in [-0.05, 0) is 17.7 Å². The number of esters is 2. The third-order valence-electron chi connectivity index (χ3n) is 5.81. The fraction of sp³-hybridized carbons (Fsp3) is 0.308. The topological polar surface area (TPSA) is 128 Å².